The van der Waals surface area contributed by atoms with Crippen LogP contribution in [-0.2, 0) is 0 Å². The maximum absolute atomic E-state index is 2.26. The van der Waals surface area contributed by atoms with Gasteiger partial charge in [-0.1, -0.05) is 52.4 Å². The van der Waals surface area contributed by atoms with Crippen molar-refractivity contribution in [3.63, 3.8) is 0 Å². The summed E-state index contributed by atoms with van der Waals surface area (Å²) in [5.74, 6) is 0. The molecule has 9 heavy (non-hydrogen) atoms. The van der Waals surface area contributed by atoms with Crippen LogP contribution in [0.1, 0.15) is 52.4 Å². The van der Waals surface area contributed by atoms with Crippen LogP contribution in [0.25, 0.3) is 0 Å². The Bertz CT molecular complexity index is 29.5. The van der Waals surface area contributed by atoms with E-state index in [1.807, 2.05) is 0 Å². The van der Waals surface area contributed by atoms with E-state index in [1.54, 1.807) is 0 Å². The summed E-state index contributed by atoms with van der Waals surface area (Å²) >= 11 is 0. The Kier molecular flexibility index (Phi) is 16.2. The van der Waals surface area contributed by atoms with Gasteiger partial charge in [-0.05, 0) is 0 Å². The minimum Gasteiger partial charge on any atom is -0.0654 e. The van der Waals surface area contributed by atoms with Gasteiger partial charge in [-0.3, -0.25) is 0 Å². The summed E-state index contributed by atoms with van der Waals surface area (Å²) in [6.45, 7) is 4.51. The van der Waals surface area contributed by atoms with Crippen LogP contribution in [0, 0.1) is 0 Å². The fourth-order valence-electron chi connectivity index (χ4n) is 0.854. The maximum Gasteiger partial charge on any atom is 0 e. The number of rotatable bonds is 5. The summed E-state index contributed by atoms with van der Waals surface area (Å²) < 4.78 is 0. The van der Waals surface area contributed by atoms with Crippen molar-refractivity contribution in [2.24, 2.45) is 0 Å². The first kappa shape index (κ1) is 12.5. The quantitative estimate of drug-likeness (QED) is 0.539. The molecule has 3 radical (unpaired) electrons. The van der Waals surface area contributed by atoms with Gasteiger partial charge in [0.05, 0.1) is 0 Å². The molecule has 0 amide bonds. The zero-order chi connectivity index (χ0) is 6.24. The third-order valence-electron chi connectivity index (χ3n) is 1.46. The van der Waals surface area contributed by atoms with Crippen molar-refractivity contribution in [1.82, 2.24) is 0 Å². The van der Waals surface area contributed by atoms with Crippen LogP contribution in [0.3, 0.4) is 0 Å². The van der Waals surface area contributed by atoms with Gasteiger partial charge < -0.3 is 0 Å². The molecule has 0 spiro atoms. The third kappa shape index (κ3) is 12.2. The molecule has 0 bridgehead atoms. The molecule has 0 aromatic carbocycles. The second kappa shape index (κ2) is 11.7. The van der Waals surface area contributed by atoms with Crippen LogP contribution in [0.4, 0.5) is 0 Å². The molecule has 0 heterocycles. The van der Waals surface area contributed by atoms with E-state index < -0.39 is 0 Å². The normalized spacial score (nSPS) is 8.67. The molecule has 0 nitrogen and oxygen atoms in total. The third-order valence-corrected chi connectivity index (χ3v) is 1.46. The average molecular weight is 323 g/mol. The second-order valence-electron chi connectivity index (χ2n) is 2.41. The predicted molar refractivity (Wildman–Crippen MR) is 44.8 cm³/mol. The minimum absolute atomic E-state index is 0. The summed E-state index contributed by atoms with van der Waals surface area (Å²) in [6.07, 6.45) is 8.49. The average Bonchev–Trinajstić information content (AvgIpc) is 1.81. The van der Waals surface area contributed by atoms with Gasteiger partial charge in [0.25, 0.3) is 0 Å². The Morgan fingerprint density at radius 2 is 1.00 bits per heavy atom. The van der Waals surface area contributed by atoms with Crippen molar-refractivity contribution in [2.45, 2.75) is 52.4 Å². The van der Waals surface area contributed by atoms with Crippen LogP contribution < -0.4 is 0 Å². The van der Waals surface area contributed by atoms with Crippen molar-refractivity contribution in [1.29, 1.82) is 0 Å². The first-order valence-electron chi connectivity index (χ1n) is 3.91. The van der Waals surface area contributed by atoms with E-state index in [1.165, 1.54) is 38.5 Å². The van der Waals surface area contributed by atoms with E-state index in [4.69, 9.17) is 0 Å². The topological polar surface area (TPSA) is 0 Å². The fraction of sp³-hybridized carbons (Fsp3) is 1.00. The van der Waals surface area contributed by atoms with E-state index in [0.29, 0.717) is 0 Å². The molecular formula is C8H18Bi. The fourth-order valence-corrected chi connectivity index (χ4v) is 0.854. The molecule has 0 fully saturated rings. The number of hydrogen-bond acceptors (Lipinski definition) is 0. The molecule has 0 aromatic rings. The summed E-state index contributed by atoms with van der Waals surface area (Å²) in [6, 6.07) is 0. The van der Waals surface area contributed by atoms with Gasteiger partial charge in [0.2, 0.25) is 0 Å². The molecule has 0 aliphatic carbocycles. The summed E-state index contributed by atoms with van der Waals surface area (Å²) in [5, 5.41) is 0. The smallest absolute Gasteiger partial charge is 0 e. The molecule has 0 rings (SSSR count). The molecular weight excluding hydrogens is 305 g/mol. The largest absolute Gasteiger partial charge is 0.0654 e. The van der Waals surface area contributed by atoms with E-state index >= 15 is 0 Å². The van der Waals surface area contributed by atoms with Crippen LogP contribution in [0.5, 0.6) is 0 Å². The van der Waals surface area contributed by atoms with E-state index in [9.17, 15) is 0 Å². The SMILES string of the molecule is CCCCCCCC.[Bi]. The Labute approximate surface area is 78.5 Å². The van der Waals surface area contributed by atoms with Crippen LogP contribution in [0.15, 0.2) is 0 Å². The Balaban J connectivity index is 0. The van der Waals surface area contributed by atoms with Gasteiger partial charge in [-0.15, -0.1) is 0 Å². The van der Waals surface area contributed by atoms with Gasteiger partial charge in [-0.25, -0.2) is 0 Å². The number of hydrogen-bond donors (Lipinski definition) is 0. The van der Waals surface area contributed by atoms with Gasteiger partial charge in [-0.2, -0.15) is 0 Å². The second-order valence-corrected chi connectivity index (χ2v) is 2.41. The Morgan fingerprint density at radius 3 is 1.22 bits per heavy atom. The first-order valence-corrected chi connectivity index (χ1v) is 3.91. The van der Waals surface area contributed by atoms with Crippen molar-refractivity contribution >= 4 is 26.2 Å². The number of unbranched alkanes of at least 4 members (excludes halogenated alkanes) is 5. The molecule has 1 heteroatoms. The Hall–Kier alpha value is 0.883. The van der Waals surface area contributed by atoms with Crippen molar-refractivity contribution in [3.05, 3.63) is 0 Å². The minimum atomic E-state index is 0. The van der Waals surface area contributed by atoms with E-state index in [-0.39, 0.29) is 26.2 Å². The van der Waals surface area contributed by atoms with Crippen molar-refractivity contribution in [3.8, 4) is 0 Å². The van der Waals surface area contributed by atoms with Gasteiger partial charge in [0.1, 0.15) is 0 Å². The van der Waals surface area contributed by atoms with Gasteiger partial charge >= 0.3 is 0 Å². The zero-order valence-corrected chi connectivity index (χ0v) is 10.2. The molecule has 0 aliphatic rings. The van der Waals surface area contributed by atoms with E-state index in [0.717, 1.165) is 0 Å². The molecule has 0 saturated heterocycles. The maximum atomic E-state index is 2.26. The van der Waals surface area contributed by atoms with Gasteiger partial charge in [0.15, 0.2) is 0 Å². The molecule has 0 aliphatic heterocycles. The molecule has 0 N–H and O–H groups in total. The van der Waals surface area contributed by atoms with E-state index in [2.05, 4.69) is 13.8 Å². The molecule has 55 valence electrons. The van der Waals surface area contributed by atoms with Crippen LogP contribution in [0.2, 0.25) is 0 Å². The van der Waals surface area contributed by atoms with Crippen LogP contribution >= 0.6 is 0 Å². The molecule has 0 saturated carbocycles. The van der Waals surface area contributed by atoms with Crippen molar-refractivity contribution in [2.75, 3.05) is 0 Å². The predicted octanol–water partition coefficient (Wildman–Crippen LogP) is 2.99. The molecule has 0 aromatic heterocycles. The summed E-state index contributed by atoms with van der Waals surface area (Å²) in [7, 11) is 0. The Morgan fingerprint density at radius 1 is 0.667 bits per heavy atom. The molecule has 0 unspecified atom stereocenters. The molecule has 0 atom stereocenters. The summed E-state index contributed by atoms with van der Waals surface area (Å²) in [5.41, 5.74) is 0. The summed E-state index contributed by atoms with van der Waals surface area (Å²) in [4.78, 5) is 0. The van der Waals surface area contributed by atoms with Crippen LogP contribution in [-0.4, -0.2) is 26.2 Å². The monoisotopic (exact) mass is 323 g/mol. The van der Waals surface area contributed by atoms with Crippen molar-refractivity contribution < 1.29 is 0 Å². The standard InChI is InChI=1S/C8H18.Bi/c1-3-5-7-8-6-4-2;/h3-8H2,1-2H3;. The zero-order valence-electron chi connectivity index (χ0n) is 6.69. The van der Waals surface area contributed by atoms with Gasteiger partial charge in [0, 0.05) is 26.2 Å². The first-order chi connectivity index (χ1) is 3.91.